The van der Waals surface area contributed by atoms with Crippen LogP contribution in [0.25, 0.3) is 11.4 Å². The molecule has 0 aliphatic carbocycles. The Balaban J connectivity index is 1.63. The average Bonchev–Trinajstić information content (AvgIpc) is 3.10. The summed E-state index contributed by atoms with van der Waals surface area (Å²) in [6.07, 6.45) is 2.46. The molecule has 2 aromatic rings. The number of rotatable bonds is 4. The quantitative estimate of drug-likeness (QED) is 0.785. The molecule has 1 saturated heterocycles. The molecule has 0 N–H and O–H groups in total. The molecule has 3 rings (SSSR count). The van der Waals surface area contributed by atoms with E-state index in [9.17, 15) is 4.79 Å². The minimum atomic E-state index is -0.475. The smallest absolute Gasteiger partial charge is 0.240 e. The minimum Gasteiger partial charge on any atom is -0.353 e. The van der Waals surface area contributed by atoms with E-state index in [1.165, 1.54) is 0 Å². The summed E-state index contributed by atoms with van der Waals surface area (Å²) in [5.74, 6) is 2.04. The Hall–Kier alpha value is -2.15. The van der Waals surface area contributed by atoms with Crippen molar-refractivity contribution < 1.29 is 9.32 Å². The number of amides is 1. The first-order valence-corrected chi connectivity index (χ1v) is 8.49. The van der Waals surface area contributed by atoms with Gasteiger partial charge in [-0.3, -0.25) is 4.79 Å². The van der Waals surface area contributed by atoms with Crippen LogP contribution >= 0.6 is 11.6 Å². The maximum atomic E-state index is 11.9. The molecule has 7 nitrogen and oxygen atoms in total. The predicted molar refractivity (Wildman–Crippen MR) is 91.0 cm³/mol. The monoisotopic (exact) mass is 349 g/mol. The number of pyridine rings is 1. The van der Waals surface area contributed by atoms with Crippen molar-refractivity contribution in [2.24, 2.45) is 0 Å². The largest absolute Gasteiger partial charge is 0.353 e. The van der Waals surface area contributed by atoms with Crippen molar-refractivity contribution in [1.82, 2.24) is 20.0 Å². The van der Waals surface area contributed by atoms with Crippen LogP contribution in [0.1, 0.15) is 19.7 Å². The van der Waals surface area contributed by atoms with Gasteiger partial charge in [-0.05, 0) is 19.1 Å². The predicted octanol–water partition coefficient (Wildman–Crippen LogP) is 1.97. The number of hydrogen-bond donors (Lipinski definition) is 0. The van der Waals surface area contributed by atoms with Gasteiger partial charge in [-0.1, -0.05) is 12.1 Å². The molecule has 1 unspecified atom stereocenters. The molecule has 2 aromatic heterocycles. The first kappa shape index (κ1) is 16.7. The molecule has 0 spiro atoms. The highest BCUT2D eigenvalue weighted by atomic mass is 35.5. The normalized spacial score (nSPS) is 16.3. The maximum Gasteiger partial charge on any atom is 0.240 e. The molecule has 1 atom stereocenters. The SMILES string of the molecule is CCc1nc(-c2ccc(N3CCN(C(=O)C(C)Cl)CC3)nc2)no1. The Labute approximate surface area is 145 Å². The molecule has 1 fully saturated rings. The van der Waals surface area contributed by atoms with E-state index in [4.69, 9.17) is 16.1 Å². The highest BCUT2D eigenvalue weighted by Gasteiger charge is 2.24. The number of aromatic nitrogens is 3. The highest BCUT2D eigenvalue weighted by Crippen LogP contribution is 2.20. The number of alkyl halides is 1. The number of carbonyl (C=O) groups excluding carboxylic acids is 1. The van der Waals surface area contributed by atoms with E-state index in [1.807, 2.05) is 19.1 Å². The molecule has 128 valence electrons. The van der Waals surface area contributed by atoms with Gasteiger partial charge in [0, 0.05) is 44.4 Å². The lowest BCUT2D eigenvalue weighted by Crippen LogP contribution is -2.50. The van der Waals surface area contributed by atoms with Crippen LogP contribution in [0, 0.1) is 0 Å². The minimum absolute atomic E-state index is 0.0107. The summed E-state index contributed by atoms with van der Waals surface area (Å²) in [5.41, 5.74) is 0.826. The van der Waals surface area contributed by atoms with Crippen molar-refractivity contribution >= 4 is 23.3 Å². The molecular weight excluding hydrogens is 330 g/mol. The molecule has 3 heterocycles. The number of aryl methyl sites for hydroxylation is 1. The third kappa shape index (κ3) is 3.51. The summed E-state index contributed by atoms with van der Waals surface area (Å²) in [4.78, 5) is 24.7. The van der Waals surface area contributed by atoms with Gasteiger partial charge in [0.25, 0.3) is 0 Å². The van der Waals surface area contributed by atoms with E-state index < -0.39 is 5.38 Å². The fourth-order valence-electron chi connectivity index (χ4n) is 2.63. The molecule has 8 heteroatoms. The van der Waals surface area contributed by atoms with E-state index >= 15 is 0 Å². The molecule has 0 radical (unpaired) electrons. The second kappa shape index (κ2) is 7.17. The first-order valence-electron chi connectivity index (χ1n) is 8.05. The molecule has 0 bridgehead atoms. The lowest BCUT2D eigenvalue weighted by molar-refractivity contribution is -0.130. The standard InChI is InChI=1S/C16H20ClN5O2/c1-3-14-19-15(20-24-14)12-4-5-13(18-10-12)21-6-8-22(9-7-21)16(23)11(2)17/h4-5,10-11H,3,6-9H2,1-2H3. The second-order valence-electron chi connectivity index (χ2n) is 5.70. The highest BCUT2D eigenvalue weighted by molar-refractivity contribution is 6.30. The Kier molecular flexibility index (Phi) is 4.99. The van der Waals surface area contributed by atoms with Crippen molar-refractivity contribution in [3.8, 4) is 11.4 Å². The van der Waals surface area contributed by atoms with Crippen molar-refractivity contribution in [3.05, 3.63) is 24.2 Å². The molecule has 0 aromatic carbocycles. The van der Waals surface area contributed by atoms with Crippen LogP contribution in [0.5, 0.6) is 0 Å². The number of halogens is 1. The Morgan fingerprint density at radius 1 is 1.33 bits per heavy atom. The van der Waals surface area contributed by atoms with Crippen molar-refractivity contribution in [1.29, 1.82) is 0 Å². The van der Waals surface area contributed by atoms with E-state index in [2.05, 4.69) is 20.0 Å². The zero-order valence-electron chi connectivity index (χ0n) is 13.8. The summed E-state index contributed by atoms with van der Waals surface area (Å²) in [7, 11) is 0. The van der Waals surface area contributed by atoms with E-state index in [0.717, 1.165) is 24.5 Å². The topological polar surface area (TPSA) is 75.4 Å². The summed E-state index contributed by atoms with van der Waals surface area (Å²) in [6.45, 7) is 6.47. The zero-order chi connectivity index (χ0) is 17.1. The lowest BCUT2D eigenvalue weighted by atomic mass is 10.2. The van der Waals surface area contributed by atoms with E-state index in [-0.39, 0.29) is 5.91 Å². The molecule has 1 amide bonds. The van der Waals surface area contributed by atoms with Crippen LogP contribution in [0.15, 0.2) is 22.9 Å². The number of nitrogens with zero attached hydrogens (tertiary/aromatic N) is 5. The van der Waals surface area contributed by atoms with Gasteiger partial charge in [-0.2, -0.15) is 4.98 Å². The number of carbonyl (C=O) groups is 1. The van der Waals surface area contributed by atoms with Crippen LogP contribution in [0.3, 0.4) is 0 Å². The van der Waals surface area contributed by atoms with Crippen LogP contribution in [0.2, 0.25) is 0 Å². The molecule has 1 aliphatic heterocycles. The number of hydrogen-bond acceptors (Lipinski definition) is 6. The number of piperazine rings is 1. The third-order valence-electron chi connectivity index (χ3n) is 4.03. The van der Waals surface area contributed by atoms with Crippen LogP contribution in [-0.4, -0.2) is 57.5 Å². The molecular formula is C16H20ClN5O2. The third-order valence-corrected chi connectivity index (χ3v) is 4.22. The van der Waals surface area contributed by atoms with Gasteiger partial charge >= 0.3 is 0 Å². The van der Waals surface area contributed by atoms with Gasteiger partial charge in [-0.15, -0.1) is 11.6 Å². The second-order valence-corrected chi connectivity index (χ2v) is 6.35. The van der Waals surface area contributed by atoms with Gasteiger partial charge < -0.3 is 14.3 Å². The lowest BCUT2D eigenvalue weighted by Gasteiger charge is -2.35. The summed E-state index contributed by atoms with van der Waals surface area (Å²) < 4.78 is 5.12. The van der Waals surface area contributed by atoms with E-state index in [0.29, 0.717) is 31.2 Å². The summed E-state index contributed by atoms with van der Waals surface area (Å²) in [6, 6.07) is 3.88. The fraction of sp³-hybridized carbons (Fsp3) is 0.500. The van der Waals surface area contributed by atoms with Gasteiger partial charge in [0.15, 0.2) is 0 Å². The average molecular weight is 350 g/mol. The van der Waals surface area contributed by atoms with Gasteiger partial charge in [0.1, 0.15) is 11.2 Å². The molecule has 1 aliphatic rings. The van der Waals surface area contributed by atoms with Crippen LogP contribution in [-0.2, 0) is 11.2 Å². The Morgan fingerprint density at radius 3 is 2.62 bits per heavy atom. The zero-order valence-corrected chi connectivity index (χ0v) is 14.5. The van der Waals surface area contributed by atoms with Crippen molar-refractivity contribution in [2.45, 2.75) is 25.6 Å². The van der Waals surface area contributed by atoms with Crippen molar-refractivity contribution in [3.63, 3.8) is 0 Å². The Bertz CT molecular complexity index is 693. The van der Waals surface area contributed by atoms with Gasteiger partial charge in [-0.25, -0.2) is 4.98 Å². The van der Waals surface area contributed by atoms with Gasteiger partial charge in [0.05, 0.1) is 0 Å². The summed E-state index contributed by atoms with van der Waals surface area (Å²) in [5, 5.41) is 3.47. The van der Waals surface area contributed by atoms with Crippen LogP contribution in [0.4, 0.5) is 5.82 Å². The Morgan fingerprint density at radius 2 is 2.08 bits per heavy atom. The van der Waals surface area contributed by atoms with Crippen LogP contribution < -0.4 is 4.90 Å². The first-order chi connectivity index (χ1) is 11.6. The van der Waals surface area contributed by atoms with Crippen molar-refractivity contribution in [2.75, 3.05) is 31.1 Å². The molecule has 24 heavy (non-hydrogen) atoms. The van der Waals surface area contributed by atoms with E-state index in [1.54, 1.807) is 18.0 Å². The fourth-order valence-corrected chi connectivity index (χ4v) is 2.77. The van der Waals surface area contributed by atoms with Gasteiger partial charge in [0.2, 0.25) is 17.6 Å². The maximum absolute atomic E-state index is 11.9. The molecule has 0 saturated carbocycles. The summed E-state index contributed by atoms with van der Waals surface area (Å²) >= 11 is 5.87. The number of anilines is 1.